The molecule has 2 N–H and O–H groups in total. The summed E-state index contributed by atoms with van der Waals surface area (Å²) in [6.07, 6.45) is 0. The number of para-hydroxylation sites is 1. The zero-order valence-electron chi connectivity index (χ0n) is 10.6. The fraction of sp³-hybridized carbons (Fsp3) is 0.286. The molecule has 2 aromatic rings. The third-order valence-corrected chi connectivity index (χ3v) is 3.54. The van der Waals surface area contributed by atoms with E-state index in [0.29, 0.717) is 6.54 Å². The molecule has 1 fully saturated rings. The number of aromatic nitrogens is 1. The minimum absolute atomic E-state index is 0.0583. The lowest BCUT2D eigenvalue weighted by molar-refractivity contribution is 0.222. The Morgan fingerprint density at radius 2 is 2.26 bits per heavy atom. The number of hydrogen-bond donors (Lipinski definition) is 2. The van der Waals surface area contributed by atoms with Crippen molar-refractivity contribution in [2.24, 2.45) is 0 Å². The van der Waals surface area contributed by atoms with Gasteiger partial charge in [-0.15, -0.1) is 0 Å². The number of benzene rings is 1. The van der Waals surface area contributed by atoms with Crippen molar-refractivity contribution >= 4 is 16.9 Å². The lowest BCUT2D eigenvalue weighted by Gasteiger charge is -2.11. The summed E-state index contributed by atoms with van der Waals surface area (Å²) in [5, 5.41) is 12.8. The summed E-state index contributed by atoms with van der Waals surface area (Å²) in [5.41, 5.74) is 3.25. The van der Waals surface area contributed by atoms with Gasteiger partial charge < -0.3 is 15.2 Å². The Balaban J connectivity index is 2.00. The fourth-order valence-electron chi connectivity index (χ4n) is 2.72. The first-order chi connectivity index (χ1) is 9.20. The molecule has 1 aromatic carbocycles. The number of aryl methyl sites for hydroxylation is 1. The molecule has 3 rings (SSSR count). The molecule has 1 saturated heterocycles. The van der Waals surface area contributed by atoms with Gasteiger partial charge in [-0.05, 0) is 13.0 Å². The van der Waals surface area contributed by atoms with Crippen LogP contribution in [0, 0.1) is 18.3 Å². The maximum absolute atomic E-state index is 11.8. The van der Waals surface area contributed by atoms with Gasteiger partial charge in [0.25, 0.3) is 0 Å². The second kappa shape index (κ2) is 4.32. The number of carbonyl (C=O) groups excluding carboxylic acids is 1. The highest BCUT2D eigenvalue weighted by atomic mass is 16.2. The van der Waals surface area contributed by atoms with Gasteiger partial charge in [-0.2, -0.15) is 5.26 Å². The minimum Gasteiger partial charge on any atom is -0.358 e. The third-order valence-electron chi connectivity index (χ3n) is 3.54. The molecule has 5 heteroatoms. The van der Waals surface area contributed by atoms with Crippen LogP contribution in [0.5, 0.6) is 0 Å². The monoisotopic (exact) mass is 254 g/mol. The Labute approximate surface area is 110 Å². The average Bonchev–Trinajstić information content (AvgIpc) is 2.90. The van der Waals surface area contributed by atoms with E-state index in [-0.39, 0.29) is 18.6 Å². The van der Waals surface area contributed by atoms with Crippen molar-refractivity contribution < 1.29 is 4.79 Å². The van der Waals surface area contributed by atoms with E-state index < -0.39 is 0 Å². The van der Waals surface area contributed by atoms with Gasteiger partial charge in [0, 0.05) is 28.7 Å². The molecule has 2 amide bonds. The highest BCUT2D eigenvalue weighted by molar-refractivity contribution is 5.87. The summed E-state index contributed by atoms with van der Waals surface area (Å²) in [6.45, 7) is 2.67. The van der Waals surface area contributed by atoms with Crippen LogP contribution in [0.1, 0.15) is 17.3 Å². The molecule has 0 saturated carbocycles. The van der Waals surface area contributed by atoms with Gasteiger partial charge in [0.05, 0.1) is 12.1 Å². The number of nitrogens with one attached hydrogen (secondary N) is 2. The first-order valence-electron chi connectivity index (χ1n) is 6.20. The topological polar surface area (TPSA) is 71.9 Å². The smallest absolute Gasteiger partial charge is 0.318 e. The van der Waals surface area contributed by atoms with Gasteiger partial charge in [-0.3, -0.25) is 0 Å². The molecule has 0 radical (unpaired) electrons. The molecule has 5 nitrogen and oxygen atoms in total. The standard InChI is InChI=1S/C14H14N4O/c1-9-13(10-4-2-3-5-11(10)16-9)12-8-18(7-6-15)14(19)17-12/h2-5,12,16H,7-8H2,1H3,(H,17,19). The van der Waals surface area contributed by atoms with Crippen molar-refractivity contribution in [2.45, 2.75) is 13.0 Å². The van der Waals surface area contributed by atoms with Gasteiger partial charge in [-0.1, -0.05) is 18.2 Å². The molecule has 1 aromatic heterocycles. The molecule has 2 heterocycles. The number of nitriles is 1. The maximum atomic E-state index is 11.8. The molecule has 0 bridgehead atoms. The normalized spacial score (nSPS) is 18.6. The first kappa shape index (κ1) is 11.6. The third kappa shape index (κ3) is 1.82. The highest BCUT2D eigenvalue weighted by Crippen LogP contribution is 2.30. The van der Waals surface area contributed by atoms with Gasteiger partial charge in [0.15, 0.2) is 0 Å². The van der Waals surface area contributed by atoms with Crippen LogP contribution in [-0.2, 0) is 0 Å². The lowest BCUT2D eigenvalue weighted by atomic mass is 10.0. The zero-order chi connectivity index (χ0) is 13.4. The van der Waals surface area contributed by atoms with E-state index in [1.807, 2.05) is 37.3 Å². The van der Waals surface area contributed by atoms with E-state index >= 15 is 0 Å². The van der Waals surface area contributed by atoms with E-state index in [1.54, 1.807) is 0 Å². The van der Waals surface area contributed by atoms with Crippen LogP contribution in [0.15, 0.2) is 24.3 Å². The van der Waals surface area contributed by atoms with E-state index in [4.69, 9.17) is 5.26 Å². The Kier molecular flexibility index (Phi) is 2.64. The van der Waals surface area contributed by atoms with Gasteiger partial charge in [-0.25, -0.2) is 4.79 Å². The van der Waals surface area contributed by atoms with Gasteiger partial charge >= 0.3 is 6.03 Å². The second-order valence-corrected chi connectivity index (χ2v) is 4.75. The summed E-state index contributed by atoms with van der Waals surface area (Å²) in [7, 11) is 0. The number of urea groups is 1. The van der Waals surface area contributed by atoms with Crippen LogP contribution in [0.25, 0.3) is 10.9 Å². The van der Waals surface area contributed by atoms with Crippen LogP contribution < -0.4 is 5.32 Å². The van der Waals surface area contributed by atoms with Gasteiger partial charge in [0.2, 0.25) is 0 Å². The largest absolute Gasteiger partial charge is 0.358 e. The zero-order valence-corrected chi connectivity index (χ0v) is 10.6. The van der Waals surface area contributed by atoms with E-state index in [1.165, 1.54) is 4.90 Å². The Bertz CT molecular complexity index is 682. The molecule has 1 unspecified atom stereocenters. The number of H-pyrrole nitrogens is 1. The van der Waals surface area contributed by atoms with Crippen LogP contribution in [0.2, 0.25) is 0 Å². The quantitative estimate of drug-likeness (QED) is 0.805. The van der Waals surface area contributed by atoms with Crippen molar-refractivity contribution in [3.8, 4) is 6.07 Å². The van der Waals surface area contributed by atoms with E-state index in [9.17, 15) is 4.79 Å². The summed E-state index contributed by atoms with van der Waals surface area (Å²) >= 11 is 0. The molecule has 19 heavy (non-hydrogen) atoms. The van der Waals surface area contributed by atoms with Crippen LogP contribution in [0.3, 0.4) is 0 Å². The summed E-state index contributed by atoms with van der Waals surface area (Å²) in [4.78, 5) is 16.6. The molecular weight excluding hydrogens is 240 g/mol. The second-order valence-electron chi connectivity index (χ2n) is 4.75. The molecule has 1 aliphatic rings. The molecule has 0 aliphatic carbocycles. The average molecular weight is 254 g/mol. The first-order valence-corrected chi connectivity index (χ1v) is 6.20. The van der Waals surface area contributed by atoms with E-state index in [2.05, 4.69) is 10.3 Å². The number of aromatic amines is 1. The highest BCUT2D eigenvalue weighted by Gasteiger charge is 2.31. The van der Waals surface area contributed by atoms with Crippen LogP contribution >= 0.6 is 0 Å². The molecule has 1 atom stereocenters. The molecular formula is C14H14N4O. The minimum atomic E-state index is -0.170. The maximum Gasteiger partial charge on any atom is 0.318 e. The van der Waals surface area contributed by atoms with Crippen LogP contribution in [-0.4, -0.2) is 29.0 Å². The van der Waals surface area contributed by atoms with E-state index in [0.717, 1.165) is 22.2 Å². The number of amides is 2. The summed E-state index contributed by atoms with van der Waals surface area (Å²) < 4.78 is 0. The Morgan fingerprint density at radius 1 is 1.47 bits per heavy atom. The van der Waals surface area contributed by atoms with Crippen molar-refractivity contribution in [3.63, 3.8) is 0 Å². The number of hydrogen-bond acceptors (Lipinski definition) is 2. The summed E-state index contributed by atoms with van der Waals surface area (Å²) in [6, 6.07) is 9.83. The Morgan fingerprint density at radius 3 is 3.05 bits per heavy atom. The molecule has 1 aliphatic heterocycles. The van der Waals surface area contributed by atoms with Crippen molar-refractivity contribution in [1.82, 2.24) is 15.2 Å². The lowest BCUT2D eigenvalue weighted by Crippen LogP contribution is -2.28. The Hall–Kier alpha value is -2.48. The summed E-state index contributed by atoms with van der Waals surface area (Å²) in [5.74, 6) is 0. The predicted octanol–water partition coefficient (Wildman–Crippen LogP) is 2.07. The van der Waals surface area contributed by atoms with Crippen molar-refractivity contribution in [2.75, 3.05) is 13.1 Å². The predicted molar refractivity (Wildman–Crippen MR) is 71.5 cm³/mol. The number of nitrogens with zero attached hydrogens (tertiary/aromatic N) is 2. The fourth-order valence-corrected chi connectivity index (χ4v) is 2.72. The number of fused-ring (bicyclic) bond motifs is 1. The van der Waals surface area contributed by atoms with Gasteiger partial charge in [0.1, 0.15) is 6.54 Å². The molecule has 0 spiro atoms. The van der Waals surface area contributed by atoms with Crippen molar-refractivity contribution in [1.29, 1.82) is 5.26 Å². The number of rotatable bonds is 2. The van der Waals surface area contributed by atoms with Crippen LogP contribution in [0.4, 0.5) is 4.79 Å². The molecule has 96 valence electrons. The SMILES string of the molecule is Cc1[nH]c2ccccc2c1C1CN(CC#N)C(=O)N1. The van der Waals surface area contributed by atoms with Crippen molar-refractivity contribution in [3.05, 3.63) is 35.5 Å². The number of carbonyl (C=O) groups is 1.